The molecule has 0 atom stereocenters. The summed E-state index contributed by atoms with van der Waals surface area (Å²) < 4.78 is 23.4. The fourth-order valence-corrected chi connectivity index (χ4v) is 4.40. The van der Waals surface area contributed by atoms with Gasteiger partial charge in [-0.1, -0.05) is 38.1 Å². The molecule has 7 heteroatoms. The summed E-state index contributed by atoms with van der Waals surface area (Å²) in [6.45, 7) is 7.96. The lowest BCUT2D eigenvalue weighted by Crippen LogP contribution is -2.33. The van der Waals surface area contributed by atoms with E-state index < -0.39 is 10.0 Å². The monoisotopic (exact) mass is 440 g/mol. The number of fused-ring (bicyclic) bond motifs is 1. The molecule has 0 spiro atoms. The van der Waals surface area contributed by atoms with Crippen molar-refractivity contribution in [2.45, 2.75) is 18.7 Å². The zero-order valence-corrected chi connectivity index (χ0v) is 19.6. The highest BCUT2D eigenvalue weighted by molar-refractivity contribution is 7.89. The fourth-order valence-electron chi connectivity index (χ4n) is 3.89. The maximum Gasteiger partial charge on any atom is 0.238 e. The molecule has 0 unspecified atom stereocenters. The maximum absolute atomic E-state index is 11.7. The van der Waals surface area contributed by atoms with Crippen molar-refractivity contribution >= 4 is 37.9 Å². The molecule has 3 rings (SSSR count). The Morgan fingerprint density at radius 1 is 0.774 bits per heavy atom. The lowest BCUT2D eigenvalue weighted by molar-refractivity contribution is 0.312. The quantitative estimate of drug-likeness (QED) is 0.544. The van der Waals surface area contributed by atoms with E-state index in [-0.39, 0.29) is 4.90 Å². The molecule has 0 radical (unpaired) electrons. The van der Waals surface area contributed by atoms with Gasteiger partial charge >= 0.3 is 0 Å². The van der Waals surface area contributed by atoms with Crippen molar-refractivity contribution in [3.63, 3.8) is 0 Å². The average molecular weight is 441 g/mol. The van der Waals surface area contributed by atoms with E-state index >= 15 is 0 Å². The predicted molar refractivity (Wildman–Crippen MR) is 131 cm³/mol. The van der Waals surface area contributed by atoms with E-state index in [2.05, 4.69) is 64.9 Å². The van der Waals surface area contributed by atoms with Crippen LogP contribution < -0.4 is 14.9 Å². The zero-order valence-electron chi connectivity index (χ0n) is 18.7. The Morgan fingerprint density at radius 3 is 1.84 bits per heavy atom. The SMILES string of the molecule is CCN(CC)CCN(c1ccc(S(N)(=O)=O)cc1)c1cccc2c(N(C)C)cccc12. The maximum atomic E-state index is 11.7. The minimum atomic E-state index is -3.73. The standard InChI is InChI=1S/C24H32N4O2S/c1-5-27(6-2)17-18-28(19-13-15-20(16-14-19)31(25,29)30)24-12-8-9-21-22(24)10-7-11-23(21)26(3)4/h7-16H,5-6,17-18H2,1-4H3,(H2,25,29,30). The molecule has 0 fully saturated rings. The van der Waals surface area contributed by atoms with E-state index in [1.807, 2.05) is 26.2 Å². The summed E-state index contributed by atoms with van der Waals surface area (Å²) in [6.07, 6.45) is 0. The van der Waals surface area contributed by atoms with Crippen LogP contribution in [0.1, 0.15) is 13.8 Å². The van der Waals surface area contributed by atoms with Gasteiger partial charge in [0.15, 0.2) is 0 Å². The molecule has 0 heterocycles. The summed E-state index contributed by atoms with van der Waals surface area (Å²) in [5, 5.41) is 7.63. The molecular weight excluding hydrogens is 408 g/mol. The van der Waals surface area contributed by atoms with E-state index in [1.165, 1.54) is 5.39 Å². The van der Waals surface area contributed by atoms with Crippen LogP contribution in [0.25, 0.3) is 10.8 Å². The summed E-state index contributed by atoms with van der Waals surface area (Å²) >= 11 is 0. The average Bonchev–Trinajstić information content (AvgIpc) is 2.76. The van der Waals surface area contributed by atoms with Crippen LogP contribution >= 0.6 is 0 Å². The van der Waals surface area contributed by atoms with Gasteiger partial charge in [-0.3, -0.25) is 0 Å². The molecule has 0 saturated heterocycles. The van der Waals surface area contributed by atoms with Gasteiger partial charge in [0.1, 0.15) is 0 Å². The molecule has 0 aliphatic heterocycles. The highest BCUT2D eigenvalue weighted by Crippen LogP contribution is 2.36. The Labute approximate surface area is 185 Å². The first-order chi connectivity index (χ1) is 14.8. The van der Waals surface area contributed by atoms with E-state index in [0.717, 1.165) is 48.6 Å². The minimum absolute atomic E-state index is 0.118. The molecule has 0 bridgehead atoms. The Kier molecular flexibility index (Phi) is 7.20. The van der Waals surface area contributed by atoms with E-state index in [1.54, 1.807) is 12.1 Å². The van der Waals surface area contributed by atoms with Crippen LogP contribution in [0.15, 0.2) is 65.6 Å². The molecule has 31 heavy (non-hydrogen) atoms. The molecule has 0 amide bonds. The highest BCUT2D eigenvalue weighted by atomic mass is 32.2. The van der Waals surface area contributed by atoms with Crippen molar-refractivity contribution in [1.29, 1.82) is 0 Å². The van der Waals surface area contributed by atoms with E-state index in [4.69, 9.17) is 5.14 Å². The van der Waals surface area contributed by atoms with Gasteiger partial charge in [-0.05, 0) is 49.5 Å². The number of nitrogens with zero attached hydrogens (tertiary/aromatic N) is 3. The molecule has 0 aliphatic carbocycles. The largest absolute Gasteiger partial charge is 0.377 e. The minimum Gasteiger partial charge on any atom is -0.377 e. The molecule has 0 aromatic heterocycles. The van der Waals surface area contributed by atoms with Gasteiger partial charge in [0, 0.05) is 55.0 Å². The van der Waals surface area contributed by atoms with Gasteiger partial charge in [-0.15, -0.1) is 0 Å². The number of sulfonamides is 1. The molecule has 6 nitrogen and oxygen atoms in total. The number of primary sulfonamides is 1. The topological polar surface area (TPSA) is 69.9 Å². The fraction of sp³-hybridized carbons (Fsp3) is 0.333. The smallest absolute Gasteiger partial charge is 0.238 e. The Morgan fingerprint density at radius 2 is 1.32 bits per heavy atom. The normalized spacial score (nSPS) is 11.8. The summed E-state index contributed by atoms with van der Waals surface area (Å²) in [7, 11) is 0.369. The Hall–Kier alpha value is -2.61. The van der Waals surface area contributed by atoms with Crippen molar-refractivity contribution < 1.29 is 8.42 Å². The van der Waals surface area contributed by atoms with Crippen LogP contribution in [0.2, 0.25) is 0 Å². The summed E-state index contributed by atoms with van der Waals surface area (Å²) in [5.74, 6) is 0. The second-order valence-electron chi connectivity index (χ2n) is 7.76. The van der Waals surface area contributed by atoms with Crippen LogP contribution in [0, 0.1) is 0 Å². The number of likely N-dealkylation sites (N-methyl/N-ethyl adjacent to an activating group) is 1. The molecule has 166 valence electrons. The number of nitrogens with two attached hydrogens (primary N) is 1. The van der Waals surface area contributed by atoms with Gasteiger partial charge in [-0.25, -0.2) is 13.6 Å². The number of anilines is 3. The number of rotatable bonds is 9. The number of hydrogen-bond acceptors (Lipinski definition) is 5. The summed E-state index contributed by atoms with van der Waals surface area (Å²) in [6, 6.07) is 19.5. The molecule has 3 aromatic rings. The van der Waals surface area contributed by atoms with Crippen LogP contribution in [0.5, 0.6) is 0 Å². The van der Waals surface area contributed by atoms with Crippen molar-refractivity contribution in [1.82, 2.24) is 4.90 Å². The Bertz CT molecular complexity index is 1120. The van der Waals surface area contributed by atoms with Crippen molar-refractivity contribution in [3.8, 4) is 0 Å². The lowest BCUT2D eigenvalue weighted by atomic mass is 10.0. The number of benzene rings is 3. The third-order valence-electron chi connectivity index (χ3n) is 5.66. The highest BCUT2D eigenvalue weighted by Gasteiger charge is 2.16. The van der Waals surface area contributed by atoms with E-state index in [9.17, 15) is 8.42 Å². The molecular formula is C24H32N4O2S. The van der Waals surface area contributed by atoms with Gasteiger partial charge in [0.25, 0.3) is 0 Å². The third kappa shape index (κ3) is 5.18. The second kappa shape index (κ2) is 9.68. The molecule has 0 saturated carbocycles. The summed E-state index contributed by atoms with van der Waals surface area (Å²) in [5.41, 5.74) is 3.19. The first-order valence-electron chi connectivity index (χ1n) is 10.6. The third-order valence-corrected chi connectivity index (χ3v) is 6.59. The van der Waals surface area contributed by atoms with Crippen LogP contribution in [-0.2, 0) is 10.0 Å². The molecule has 2 N–H and O–H groups in total. The molecule has 3 aromatic carbocycles. The van der Waals surface area contributed by atoms with Gasteiger partial charge in [-0.2, -0.15) is 0 Å². The van der Waals surface area contributed by atoms with Crippen molar-refractivity contribution in [3.05, 3.63) is 60.7 Å². The zero-order chi connectivity index (χ0) is 22.6. The second-order valence-corrected chi connectivity index (χ2v) is 9.32. The first kappa shape index (κ1) is 23.1. The predicted octanol–water partition coefficient (Wildman–Crippen LogP) is 4.03. The van der Waals surface area contributed by atoms with Crippen molar-refractivity contribution in [2.24, 2.45) is 5.14 Å². The van der Waals surface area contributed by atoms with Gasteiger partial charge in [0.2, 0.25) is 10.0 Å². The first-order valence-corrected chi connectivity index (χ1v) is 12.1. The summed E-state index contributed by atoms with van der Waals surface area (Å²) in [4.78, 5) is 6.87. The van der Waals surface area contributed by atoms with E-state index in [0.29, 0.717) is 0 Å². The molecule has 0 aliphatic rings. The van der Waals surface area contributed by atoms with Crippen LogP contribution in [-0.4, -0.2) is 53.6 Å². The van der Waals surface area contributed by atoms with Crippen molar-refractivity contribution in [2.75, 3.05) is 50.1 Å². The van der Waals surface area contributed by atoms with Crippen LogP contribution in [0.4, 0.5) is 17.1 Å². The van der Waals surface area contributed by atoms with Gasteiger partial charge in [0.05, 0.1) is 4.90 Å². The van der Waals surface area contributed by atoms with Gasteiger partial charge < -0.3 is 14.7 Å². The lowest BCUT2D eigenvalue weighted by Gasteiger charge is -2.30. The number of hydrogen-bond donors (Lipinski definition) is 1. The van der Waals surface area contributed by atoms with Crippen LogP contribution in [0.3, 0.4) is 0 Å². The Balaban J connectivity index is 2.11.